The van der Waals surface area contributed by atoms with Gasteiger partial charge in [0.25, 0.3) is 10.0 Å². The van der Waals surface area contributed by atoms with Gasteiger partial charge in [0, 0.05) is 16.9 Å². The Hall–Kier alpha value is -3.23. The zero-order valence-electron chi connectivity index (χ0n) is 15.5. The van der Waals surface area contributed by atoms with Crippen LogP contribution in [0.2, 0.25) is 0 Å². The van der Waals surface area contributed by atoms with E-state index >= 15 is 0 Å². The van der Waals surface area contributed by atoms with Crippen molar-refractivity contribution in [3.8, 4) is 17.1 Å². The zero-order valence-corrected chi connectivity index (χ0v) is 17.2. The third-order valence-corrected chi connectivity index (χ3v) is 6.08. The molecule has 0 fully saturated rings. The summed E-state index contributed by atoms with van der Waals surface area (Å²) in [6.45, 7) is 1.91. The molecular formula is C21H18N4O2S2. The van der Waals surface area contributed by atoms with Gasteiger partial charge in [-0.2, -0.15) is 5.10 Å². The Kier molecular flexibility index (Phi) is 5.04. The smallest absolute Gasteiger partial charge is 0.261 e. The van der Waals surface area contributed by atoms with Crippen LogP contribution in [0.15, 0.2) is 83.8 Å². The highest BCUT2D eigenvalue weighted by molar-refractivity contribution is 7.92. The second-order valence-corrected chi connectivity index (χ2v) is 8.59. The Morgan fingerprint density at radius 2 is 1.59 bits per heavy atom. The second kappa shape index (κ2) is 7.65. The number of rotatable bonds is 5. The van der Waals surface area contributed by atoms with Gasteiger partial charge in [0.1, 0.15) is 0 Å². The molecule has 3 aromatic carbocycles. The first-order valence-corrected chi connectivity index (χ1v) is 10.8. The monoisotopic (exact) mass is 422 g/mol. The summed E-state index contributed by atoms with van der Waals surface area (Å²) in [5, 5.41) is 7.15. The van der Waals surface area contributed by atoms with Crippen molar-refractivity contribution in [1.82, 2.24) is 14.8 Å². The molecule has 0 radical (unpaired) electrons. The first-order chi connectivity index (χ1) is 13.9. The molecule has 1 heterocycles. The van der Waals surface area contributed by atoms with E-state index in [1.807, 2.05) is 41.8 Å². The third kappa shape index (κ3) is 3.98. The molecule has 0 bridgehead atoms. The van der Waals surface area contributed by atoms with Crippen molar-refractivity contribution in [2.45, 2.75) is 11.8 Å². The van der Waals surface area contributed by atoms with E-state index in [1.54, 1.807) is 48.5 Å². The highest BCUT2D eigenvalue weighted by atomic mass is 32.2. The zero-order chi connectivity index (χ0) is 20.4. The summed E-state index contributed by atoms with van der Waals surface area (Å²) in [4.78, 5) is 0.220. The van der Waals surface area contributed by atoms with E-state index in [0.717, 1.165) is 16.8 Å². The number of hydrogen-bond acceptors (Lipinski definition) is 4. The van der Waals surface area contributed by atoms with Gasteiger partial charge in [-0.25, -0.2) is 8.42 Å². The molecular weight excluding hydrogens is 404 g/mol. The lowest BCUT2D eigenvalue weighted by molar-refractivity contribution is 0.601. The normalized spacial score (nSPS) is 11.3. The molecule has 0 spiro atoms. The van der Waals surface area contributed by atoms with Gasteiger partial charge in [-0.15, -0.1) is 0 Å². The average Bonchev–Trinajstić information content (AvgIpc) is 3.11. The fourth-order valence-electron chi connectivity index (χ4n) is 2.93. The number of sulfonamides is 1. The van der Waals surface area contributed by atoms with Crippen LogP contribution >= 0.6 is 12.2 Å². The van der Waals surface area contributed by atoms with Crippen LogP contribution in [0.4, 0.5) is 5.69 Å². The fourth-order valence-corrected chi connectivity index (χ4v) is 4.22. The molecule has 2 N–H and O–H groups in total. The molecule has 4 aromatic rings. The lowest BCUT2D eigenvalue weighted by Gasteiger charge is -2.10. The molecule has 6 nitrogen and oxygen atoms in total. The minimum Gasteiger partial charge on any atom is -0.280 e. The molecule has 29 heavy (non-hydrogen) atoms. The number of H-pyrrole nitrogens is 1. The number of aromatic amines is 1. The van der Waals surface area contributed by atoms with Crippen molar-refractivity contribution >= 4 is 27.9 Å². The predicted molar refractivity (Wildman–Crippen MR) is 116 cm³/mol. The van der Waals surface area contributed by atoms with E-state index < -0.39 is 10.0 Å². The Labute approximate surface area is 173 Å². The molecule has 0 aliphatic carbocycles. The summed E-state index contributed by atoms with van der Waals surface area (Å²) in [5.74, 6) is 0.647. The molecule has 0 aliphatic heterocycles. The van der Waals surface area contributed by atoms with Crippen molar-refractivity contribution in [1.29, 1.82) is 0 Å². The maximum Gasteiger partial charge on any atom is 0.261 e. The van der Waals surface area contributed by atoms with Gasteiger partial charge in [0.15, 0.2) is 10.6 Å². The van der Waals surface area contributed by atoms with Gasteiger partial charge in [0.05, 0.1) is 4.90 Å². The van der Waals surface area contributed by atoms with Gasteiger partial charge in [-0.05, 0) is 67.7 Å². The largest absolute Gasteiger partial charge is 0.280 e. The third-order valence-electron chi connectivity index (χ3n) is 4.41. The first kappa shape index (κ1) is 19.1. The van der Waals surface area contributed by atoms with E-state index in [-0.39, 0.29) is 4.90 Å². The van der Waals surface area contributed by atoms with Crippen LogP contribution in [0.25, 0.3) is 17.1 Å². The lowest BCUT2D eigenvalue weighted by atomic mass is 10.2. The standard InChI is InChI=1S/C21H18N4O2S2/c1-15-7-13-19(14-8-15)29(26,27)24-17-11-9-16(10-12-17)20-22-23-21(28)25(20)18-5-3-2-4-6-18/h2-14,24H,1H3,(H,23,28). The summed E-state index contributed by atoms with van der Waals surface area (Å²) < 4.78 is 30.0. The lowest BCUT2D eigenvalue weighted by Crippen LogP contribution is -2.12. The maximum atomic E-state index is 12.6. The van der Waals surface area contributed by atoms with Crippen molar-refractivity contribution in [3.05, 3.63) is 89.2 Å². The van der Waals surface area contributed by atoms with Crippen LogP contribution in [0, 0.1) is 11.7 Å². The number of aromatic nitrogens is 3. The summed E-state index contributed by atoms with van der Waals surface area (Å²) in [7, 11) is -3.65. The van der Waals surface area contributed by atoms with E-state index in [2.05, 4.69) is 14.9 Å². The number of benzene rings is 3. The van der Waals surface area contributed by atoms with Crippen molar-refractivity contribution in [2.75, 3.05) is 4.72 Å². The number of anilines is 1. The maximum absolute atomic E-state index is 12.6. The number of nitrogens with one attached hydrogen (secondary N) is 2. The summed E-state index contributed by atoms with van der Waals surface area (Å²) >= 11 is 5.37. The molecule has 0 amide bonds. The van der Waals surface area contributed by atoms with Crippen LogP contribution in [0.5, 0.6) is 0 Å². The van der Waals surface area contributed by atoms with Gasteiger partial charge >= 0.3 is 0 Å². The Balaban J connectivity index is 1.63. The average molecular weight is 423 g/mol. The van der Waals surface area contributed by atoms with Crippen LogP contribution in [0.1, 0.15) is 5.56 Å². The highest BCUT2D eigenvalue weighted by Gasteiger charge is 2.15. The van der Waals surface area contributed by atoms with Crippen LogP contribution in [-0.4, -0.2) is 23.2 Å². The SMILES string of the molecule is Cc1ccc(S(=O)(=O)Nc2ccc(-c3n[nH]c(=S)n3-c3ccccc3)cc2)cc1. The molecule has 0 saturated heterocycles. The van der Waals surface area contributed by atoms with Gasteiger partial charge in [-0.3, -0.25) is 14.4 Å². The topological polar surface area (TPSA) is 79.8 Å². The van der Waals surface area contributed by atoms with E-state index in [4.69, 9.17) is 12.2 Å². The quantitative estimate of drug-likeness (QED) is 0.457. The molecule has 1 aromatic heterocycles. The van der Waals surface area contributed by atoms with E-state index in [9.17, 15) is 8.42 Å². The molecule has 8 heteroatoms. The number of aryl methyl sites for hydroxylation is 1. The Morgan fingerprint density at radius 1 is 0.931 bits per heavy atom. The predicted octanol–water partition coefficient (Wildman–Crippen LogP) is 4.71. The second-order valence-electron chi connectivity index (χ2n) is 6.52. The number of para-hydroxylation sites is 1. The molecule has 146 valence electrons. The van der Waals surface area contributed by atoms with Crippen molar-refractivity contribution in [2.24, 2.45) is 0 Å². The van der Waals surface area contributed by atoms with Gasteiger partial charge in [0.2, 0.25) is 0 Å². The minimum atomic E-state index is -3.65. The molecule has 0 aliphatic rings. The Bertz CT molecular complexity index is 1290. The van der Waals surface area contributed by atoms with Crippen LogP contribution < -0.4 is 4.72 Å². The van der Waals surface area contributed by atoms with E-state index in [0.29, 0.717) is 16.3 Å². The number of hydrogen-bond donors (Lipinski definition) is 2. The molecule has 4 rings (SSSR count). The van der Waals surface area contributed by atoms with Crippen LogP contribution in [-0.2, 0) is 10.0 Å². The van der Waals surface area contributed by atoms with Crippen molar-refractivity contribution < 1.29 is 8.42 Å². The summed E-state index contributed by atoms with van der Waals surface area (Å²) in [6, 6.07) is 23.4. The van der Waals surface area contributed by atoms with Crippen molar-refractivity contribution in [3.63, 3.8) is 0 Å². The highest BCUT2D eigenvalue weighted by Crippen LogP contribution is 2.24. The molecule has 0 atom stereocenters. The summed E-state index contributed by atoms with van der Waals surface area (Å²) in [6.07, 6.45) is 0. The molecule has 0 saturated carbocycles. The first-order valence-electron chi connectivity index (χ1n) is 8.87. The molecule has 0 unspecified atom stereocenters. The minimum absolute atomic E-state index is 0.220. The van der Waals surface area contributed by atoms with Gasteiger partial charge < -0.3 is 0 Å². The Morgan fingerprint density at radius 3 is 2.24 bits per heavy atom. The van der Waals surface area contributed by atoms with Gasteiger partial charge in [-0.1, -0.05) is 35.9 Å². The fraction of sp³-hybridized carbons (Fsp3) is 0.0476. The van der Waals surface area contributed by atoms with Crippen LogP contribution in [0.3, 0.4) is 0 Å². The van der Waals surface area contributed by atoms with E-state index in [1.165, 1.54) is 0 Å². The summed E-state index contributed by atoms with van der Waals surface area (Å²) in [5.41, 5.74) is 3.17. The number of nitrogens with zero attached hydrogens (tertiary/aromatic N) is 2.